The van der Waals surface area contributed by atoms with Crippen molar-refractivity contribution in [3.05, 3.63) is 69.9 Å². The summed E-state index contributed by atoms with van der Waals surface area (Å²) in [5.74, 6) is -1.44. The van der Waals surface area contributed by atoms with Gasteiger partial charge in [-0.3, -0.25) is 10.1 Å². The monoisotopic (exact) mass is 383 g/mol. The summed E-state index contributed by atoms with van der Waals surface area (Å²) in [4.78, 5) is 13.7. The van der Waals surface area contributed by atoms with Crippen LogP contribution in [0.5, 0.6) is 5.75 Å². The zero-order chi connectivity index (χ0) is 19.6. The molecule has 0 bridgehead atoms. The van der Waals surface area contributed by atoms with Gasteiger partial charge in [0.25, 0.3) is 11.6 Å². The fourth-order valence-corrected chi connectivity index (χ4v) is 2.13. The van der Waals surface area contributed by atoms with Crippen molar-refractivity contribution in [2.24, 2.45) is 0 Å². The molecule has 0 N–H and O–H groups in total. The molecule has 140 valence electrons. The van der Waals surface area contributed by atoms with Gasteiger partial charge in [0.15, 0.2) is 18.2 Å². The molecule has 0 amide bonds. The van der Waals surface area contributed by atoms with Crippen molar-refractivity contribution in [3.63, 3.8) is 0 Å². The first-order valence-corrected chi connectivity index (χ1v) is 7.31. The second-order valence-electron chi connectivity index (χ2n) is 5.25. The van der Waals surface area contributed by atoms with Gasteiger partial charge < -0.3 is 9.26 Å². The van der Waals surface area contributed by atoms with E-state index in [-0.39, 0.29) is 29.6 Å². The zero-order valence-electron chi connectivity index (χ0n) is 13.2. The Labute approximate surface area is 148 Å². The summed E-state index contributed by atoms with van der Waals surface area (Å²) in [6, 6.07) is 7.17. The third kappa shape index (κ3) is 4.19. The number of nitro groups is 1. The number of ether oxygens (including phenoxy) is 1. The van der Waals surface area contributed by atoms with E-state index in [1.165, 1.54) is 12.1 Å². The van der Waals surface area contributed by atoms with E-state index >= 15 is 0 Å². The summed E-state index contributed by atoms with van der Waals surface area (Å²) >= 11 is 0. The Kier molecular flexibility index (Phi) is 4.75. The minimum absolute atomic E-state index is 0.0846. The maximum absolute atomic E-state index is 13.7. The van der Waals surface area contributed by atoms with Crippen LogP contribution in [-0.2, 0) is 12.8 Å². The van der Waals surface area contributed by atoms with Crippen molar-refractivity contribution in [1.82, 2.24) is 10.1 Å². The molecular weight excluding hydrogens is 374 g/mol. The van der Waals surface area contributed by atoms with Gasteiger partial charge in [-0.05, 0) is 18.2 Å². The van der Waals surface area contributed by atoms with Gasteiger partial charge in [0.05, 0.1) is 16.6 Å². The first-order chi connectivity index (χ1) is 12.7. The van der Waals surface area contributed by atoms with Gasteiger partial charge in [0.2, 0.25) is 5.82 Å². The van der Waals surface area contributed by atoms with E-state index in [4.69, 9.17) is 9.26 Å². The standard InChI is InChI=1S/C16H9F4N3O4/c17-12-7-11(23(24)25)4-5-13(12)26-8-14-21-15(22-27-14)9-2-1-3-10(6-9)16(18,19)20/h1-7H,8H2. The van der Waals surface area contributed by atoms with Gasteiger partial charge in [-0.2, -0.15) is 18.2 Å². The van der Waals surface area contributed by atoms with Crippen molar-refractivity contribution >= 4 is 5.69 Å². The number of aromatic nitrogens is 2. The molecule has 0 unspecified atom stereocenters. The average molecular weight is 383 g/mol. The quantitative estimate of drug-likeness (QED) is 0.369. The van der Waals surface area contributed by atoms with Gasteiger partial charge in [-0.25, -0.2) is 4.39 Å². The second kappa shape index (κ2) is 7.02. The lowest BCUT2D eigenvalue weighted by Crippen LogP contribution is -2.04. The Bertz CT molecular complexity index is 988. The third-order valence-corrected chi connectivity index (χ3v) is 3.39. The molecule has 0 fully saturated rings. The molecule has 0 aliphatic rings. The second-order valence-corrected chi connectivity index (χ2v) is 5.25. The lowest BCUT2D eigenvalue weighted by Gasteiger charge is -2.06. The van der Waals surface area contributed by atoms with Crippen LogP contribution in [0.25, 0.3) is 11.4 Å². The highest BCUT2D eigenvalue weighted by Crippen LogP contribution is 2.31. The first kappa shape index (κ1) is 18.3. The van der Waals surface area contributed by atoms with Crippen LogP contribution in [0.1, 0.15) is 11.5 Å². The van der Waals surface area contributed by atoms with Crippen LogP contribution >= 0.6 is 0 Å². The van der Waals surface area contributed by atoms with Gasteiger partial charge >= 0.3 is 6.18 Å². The highest BCUT2D eigenvalue weighted by atomic mass is 19.4. The minimum atomic E-state index is -4.51. The Morgan fingerprint density at radius 3 is 2.63 bits per heavy atom. The highest BCUT2D eigenvalue weighted by molar-refractivity contribution is 5.55. The van der Waals surface area contributed by atoms with Crippen LogP contribution in [0.2, 0.25) is 0 Å². The number of halogens is 4. The van der Waals surface area contributed by atoms with Crippen LogP contribution in [0.4, 0.5) is 23.2 Å². The maximum atomic E-state index is 13.7. The summed E-state index contributed by atoms with van der Waals surface area (Å²) in [5.41, 5.74) is -1.22. The lowest BCUT2D eigenvalue weighted by atomic mass is 10.1. The molecule has 0 saturated heterocycles. The average Bonchev–Trinajstić information content (AvgIpc) is 3.09. The fraction of sp³-hybridized carbons (Fsp3) is 0.125. The molecule has 3 rings (SSSR count). The molecule has 0 atom stereocenters. The number of non-ortho nitro benzene ring substituents is 1. The van der Waals surface area contributed by atoms with Crippen molar-refractivity contribution in [3.8, 4) is 17.1 Å². The Morgan fingerprint density at radius 2 is 1.96 bits per heavy atom. The predicted molar refractivity (Wildman–Crippen MR) is 82.1 cm³/mol. The molecule has 27 heavy (non-hydrogen) atoms. The maximum Gasteiger partial charge on any atom is 0.416 e. The van der Waals surface area contributed by atoms with E-state index in [0.29, 0.717) is 6.07 Å². The fourth-order valence-electron chi connectivity index (χ4n) is 2.13. The molecule has 0 saturated carbocycles. The van der Waals surface area contributed by atoms with Gasteiger partial charge in [-0.1, -0.05) is 17.3 Å². The van der Waals surface area contributed by atoms with Crippen LogP contribution in [-0.4, -0.2) is 15.1 Å². The van der Waals surface area contributed by atoms with Crippen LogP contribution in [0.3, 0.4) is 0 Å². The van der Waals surface area contributed by atoms with Crippen molar-refractivity contribution in [2.45, 2.75) is 12.8 Å². The van der Waals surface area contributed by atoms with Crippen LogP contribution in [0, 0.1) is 15.9 Å². The number of benzene rings is 2. The first-order valence-electron chi connectivity index (χ1n) is 7.31. The Hall–Kier alpha value is -3.50. The van der Waals surface area contributed by atoms with Gasteiger partial charge in [0.1, 0.15) is 0 Å². The molecule has 0 aliphatic carbocycles. The molecule has 11 heteroatoms. The molecule has 0 radical (unpaired) electrons. The topological polar surface area (TPSA) is 91.3 Å². The Morgan fingerprint density at radius 1 is 1.19 bits per heavy atom. The highest BCUT2D eigenvalue weighted by Gasteiger charge is 2.30. The summed E-state index contributed by atoms with van der Waals surface area (Å²) in [5, 5.41) is 14.1. The van der Waals surface area contributed by atoms with E-state index in [9.17, 15) is 27.7 Å². The predicted octanol–water partition coefficient (Wildman–Crippen LogP) is 4.38. The molecular formula is C16H9F4N3O4. The number of hydrogen-bond donors (Lipinski definition) is 0. The summed E-state index contributed by atoms with van der Waals surface area (Å²) in [7, 11) is 0. The number of alkyl halides is 3. The summed E-state index contributed by atoms with van der Waals surface area (Å²) in [6.07, 6.45) is -4.51. The summed E-state index contributed by atoms with van der Waals surface area (Å²) < 4.78 is 62.0. The normalized spacial score (nSPS) is 11.4. The van der Waals surface area contributed by atoms with E-state index < -0.39 is 28.2 Å². The molecule has 0 spiro atoms. The molecule has 1 aromatic heterocycles. The van der Waals surface area contributed by atoms with Gasteiger partial charge in [-0.15, -0.1) is 0 Å². The number of nitro benzene ring substituents is 1. The van der Waals surface area contributed by atoms with Crippen molar-refractivity contribution in [2.75, 3.05) is 0 Å². The molecule has 1 heterocycles. The molecule has 2 aromatic carbocycles. The van der Waals surface area contributed by atoms with E-state index in [0.717, 1.165) is 24.3 Å². The number of hydrogen-bond acceptors (Lipinski definition) is 6. The van der Waals surface area contributed by atoms with E-state index in [2.05, 4.69) is 10.1 Å². The minimum Gasteiger partial charge on any atom is -0.481 e. The van der Waals surface area contributed by atoms with E-state index in [1.807, 2.05) is 0 Å². The SMILES string of the molecule is O=[N+]([O-])c1ccc(OCc2nc(-c3cccc(C(F)(F)F)c3)no2)c(F)c1. The summed E-state index contributed by atoms with van der Waals surface area (Å²) in [6.45, 7) is -0.374. The van der Waals surface area contributed by atoms with Crippen molar-refractivity contribution in [1.29, 1.82) is 0 Å². The Balaban J connectivity index is 1.73. The number of nitrogens with zero attached hydrogens (tertiary/aromatic N) is 3. The largest absolute Gasteiger partial charge is 0.481 e. The molecule has 7 nitrogen and oxygen atoms in total. The van der Waals surface area contributed by atoms with E-state index in [1.54, 1.807) is 0 Å². The molecule has 0 aliphatic heterocycles. The lowest BCUT2D eigenvalue weighted by molar-refractivity contribution is -0.385. The van der Waals surface area contributed by atoms with Crippen LogP contribution in [0.15, 0.2) is 47.0 Å². The smallest absolute Gasteiger partial charge is 0.416 e. The third-order valence-electron chi connectivity index (χ3n) is 3.39. The van der Waals surface area contributed by atoms with Crippen molar-refractivity contribution < 1.29 is 31.7 Å². The zero-order valence-corrected chi connectivity index (χ0v) is 13.2. The van der Waals surface area contributed by atoms with Crippen LogP contribution < -0.4 is 4.74 Å². The van der Waals surface area contributed by atoms with Gasteiger partial charge in [0, 0.05) is 11.6 Å². The number of rotatable bonds is 5. The molecule has 3 aromatic rings.